The summed E-state index contributed by atoms with van der Waals surface area (Å²) in [6.45, 7) is 2.00. The molecule has 3 heteroatoms. The lowest BCUT2D eigenvalue weighted by Gasteiger charge is -0.837. The van der Waals surface area contributed by atoms with Gasteiger partial charge in [-0.3, -0.25) is 0 Å². The Morgan fingerprint density at radius 1 is 1.20 bits per heavy atom. The fourth-order valence-corrected chi connectivity index (χ4v) is 0. The number of carbonyl (C=O) groups is 1. The van der Waals surface area contributed by atoms with Crippen LogP contribution in [0, 0.1) is 0 Å². The van der Waals surface area contributed by atoms with Gasteiger partial charge in [0.2, 0.25) is 0 Å². The molecule has 0 amide bonds. The Morgan fingerprint density at radius 2 is 1.20 bits per heavy atom. The first-order valence-corrected chi connectivity index (χ1v) is 0.789. The molecule has 0 rings (SSSR count). The summed E-state index contributed by atoms with van der Waals surface area (Å²) in [5, 5.41) is 0. The number of hydrogen-bond acceptors (Lipinski definition) is 3. The normalized spacial score (nSPS) is 1.60. The minimum Gasteiger partial charge on any atom is -0.307 e. The highest BCUT2D eigenvalue weighted by Gasteiger charge is 0.734. The van der Waals surface area contributed by atoms with Crippen molar-refractivity contribution in [2.24, 2.45) is 0 Å². The summed E-state index contributed by atoms with van der Waals surface area (Å²) in [5.74, 6) is 0. The summed E-state index contributed by atoms with van der Waals surface area (Å²) in [5.41, 5.74) is 0. The van der Waals surface area contributed by atoms with Gasteiger partial charge in [-0.25, -0.2) is 0 Å². The second kappa shape index (κ2) is 278. The molecular weight excluding hydrogens is 88.1 g/mol. The fourth-order valence-electron chi connectivity index (χ4n) is 0. The number of rotatable bonds is 0. The Morgan fingerprint density at radius 3 is 1.20 bits per heavy atom. The molecule has 32 valence electrons. The molecule has 0 aliphatic rings. The molecule has 0 saturated heterocycles. The number of carbonyl (C=O) groups excluding carboxylic acids is 1. The highest BCUT2D eigenvalue weighted by atomic mass is 32.1. The van der Waals surface area contributed by atoms with Crippen molar-refractivity contribution in [3.8, 4) is 0 Å². The van der Waals surface area contributed by atoms with Crippen LogP contribution in [-0.2, 0) is 17.3 Å². The van der Waals surface area contributed by atoms with Crippen molar-refractivity contribution in [3.05, 3.63) is 0 Å². The lowest BCUT2D eigenvalue weighted by atomic mass is 11.9. The smallest absolute Gasteiger partial charge is 0.197 e. The van der Waals surface area contributed by atoms with Crippen LogP contribution in [0.15, 0.2) is 0 Å². The summed E-state index contributed by atoms with van der Waals surface area (Å²) in [6.07, 6.45) is 0. The van der Waals surface area contributed by atoms with E-state index in [1.807, 2.05) is 6.79 Å². The Hall–Kier alpha value is -0.310. The topological polar surface area (TPSA) is 34.1 Å². The van der Waals surface area contributed by atoms with Gasteiger partial charge in [0.15, 0.2) is 12.5 Å². The van der Waals surface area contributed by atoms with Gasteiger partial charge >= 0.3 is 0 Å². The summed E-state index contributed by atoms with van der Waals surface area (Å²) < 4.78 is 7.83. The average molecular weight is 94.1 g/mol. The van der Waals surface area contributed by atoms with E-state index in [1.54, 1.807) is 0 Å². The molecule has 0 aliphatic carbocycles. The molecule has 5 heavy (non-hydrogen) atoms. The standard InChI is InChI=1S/CH2O.CH4.OS/c1-2;;1-2/h1H2;1H4;. The van der Waals surface area contributed by atoms with Gasteiger partial charge in [0.25, 0.3) is 0 Å². The van der Waals surface area contributed by atoms with E-state index >= 15 is 0 Å². The Bertz CT molecular complexity index is 9.61. The monoisotopic (exact) mass is 94.0 g/mol. The summed E-state index contributed by atoms with van der Waals surface area (Å²) >= 11 is 2.83. The van der Waals surface area contributed by atoms with Crippen LogP contribution in [-0.4, -0.2) is 11.0 Å². The van der Waals surface area contributed by atoms with E-state index in [2.05, 4.69) is 12.5 Å². The van der Waals surface area contributed by atoms with Crippen molar-refractivity contribution in [3.63, 3.8) is 0 Å². The third kappa shape index (κ3) is 110. The summed E-state index contributed by atoms with van der Waals surface area (Å²) in [4.78, 5) is 8.00. The molecule has 0 N–H and O–H groups in total. The first kappa shape index (κ1) is 22.4. The van der Waals surface area contributed by atoms with Crippen LogP contribution < -0.4 is 0 Å². The van der Waals surface area contributed by atoms with Gasteiger partial charge in [0.05, 0.1) is 0 Å². The molecule has 0 fully saturated rings. The maximum atomic E-state index is 8.00. The van der Waals surface area contributed by atoms with E-state index in [-0.39, 0.29) is 7.43 Å². The van der Waals surface area contributed by atoms with Gasteiger partial charge in [0, 0.05) is 0 Å². The Kier molecular flexibility index (Phi) is 1240. The van der Waals surface area contributed by atoms with Gasteiger partial charge in [-0.2, -0.15) is 4.21 Å². The molecule has 0 aromatic carbocycles. The van der Waals surface area contributed by atoms with Gasteiger partial charge in [-0.15, -0.1) is 0 Å². The van der Waals surface area contributed by atoms with Crippen LogP contribution in [0.25, 0.3) is 0 Å². The van der Waals surface area contributed by atoms with Crippen LogP contribution in [0.1, 0.15) is 7.43 Å². The molecule has 0 unspecified atom stereocenters. The van der Waals surface area contributed by atoms with Crippen molar-refractivity contribution in [1.82, 2.24) is 0 Å². The van der Waals surface area contributed by atoms with E-state index in [9.17, 15) is 0 Å². The minimum absolute atomic E-state index is 0. The van der Waals surface area contributed by atoms with Gasteiger partial charge in [-0.05, 0) is 0 Å². The van der Waals surface area contributed by atoms with Crippen molar-refractivity contribution in [1.29, 1.82) is 0 Å². The fraction of sp³-hybridized carbons (Fsp3) is 0.500. The third-order valence-electron chi connectivity index (χ3n) is 0. The minimum atomic E-state index is 0. The van der Waals surface area contributed by atoms with E-state index in [0.717, 1.165) is 0 Å². The molecular formula is C2H6O2S. The van der Waals surface area contributed by atoms with Crippen LogP contribution in [0.4, 0.5) is 0 Å². The second-order valence-corrected chi connectivity index (χ2v) is 0. The number of hydrogen-bond donors (Lipinski definition) is 0. The molecule has 0 radical (unpaired) electrons. The molecule has 2 nitrogen and oxygen atoms in total. The first-order valence-electron chi connectivity index (χ1n) is 0.455. The molecule has 0 saturated carbocycles. The largest absolute Gasteiger partial charge is 0.307 e. The maximum absolute atomic E-state index is 8.00. The molecule has 0 heterocycles. The molecule has 0 aromatic rings. The van der Waals surface area contributed by atoms with E-state index < -0.39 is 0 Å². The lowest BCUT2D eigenvalue weighted by Crippen LogP contribution is -0.925. The van der Waals surface area contributed by atoms with Crippen LogP contribution in [0.5, 0.6) is 0 Å². The van der Waals surface area contributed by atoms with E-state index in [4.69, 9.17) is 9.00 Å². The van der Waals surface area contributed by atoms with Gasteiger partial charge in [0.1, 0.15) is 6.79 Å². The molecule has 0 spiro atoms. The van der Waals surface area contributed by atoms with Crippen molar-refractivity contribution in [2.75, 3.05) is 0 Å². The Balaban J connectivity index is -0.0000000133. The molecule has 0 bridgehead atoms. The third-order valence-corrected chi connectivity index (χ3v) is 0. The quantitative estimate of drug-likeness (QED) is 0.427. The average Bonchev–Trinajstić information content (AvgIpc) is 1.50. The summed E-state index contributed by atoms with van der Waals surface area (Å²) in [7, 11) is 0. The SMILES string of the molecule is C.C=O.O=S. The van der Waals surface area contributed by atoms with Crippen LogP contribution >= 0.6 is 0 Å². The molecule has 0 aromatic heterocycles. The van der Waals surface area contributed by atoms with Crippen LogP contribution in [0.2, 0.25) is 0 Å². The highest BCUT2D eigenvalue weighted by Crippen LogP contribution is 0.558. The molecule has 0 atom stereocenters. The first-order chi connectivity index (χ1) is 2.00. The summed E-state index contributed by atoms with van der Waals surface area (Å²) in [6, 6.07) is 0. The van der Waals surface area contributed by atoms with Crippen molar-refractivity contribution >= 4 is 19.3 Å². The zero-order chi connectivity index (χ0) is 4.00. The predicted octanol–water partition coefficient (Wildman–Crippen LogP) is 0.115. The highest BCUT2D eigenvalue weighted by molar-refractivity contribution is 7.44. The lowest BCUT2D eigenvalue weighted by molar-refractivity contribution is -0.0979. The van der Waals surface area contributed by atoms with Gasteiger partial charge < -0.3 is 4.79 Å². The second-order valence-electron chi connectivity index (χ2n) is 0. The Labute approximate surface area is 36.7 Å². The predicted molar refractivity (Wildman–Crippen MR) is 22.0 cm³/mol. The molecule has 0 aliphatic heterocycles. The zero-order valence-electron chi connectivity index (χ0n) is 1.93. The van der Waals surface area contributed by atoms with Crippen LogP contribution in [0.3, 0.4) is 0 Å². The van der Waals surface area contributed by atoms with Gasteiger partial charge in [-0.1, -0.05) is 7.43 Å². The van der Waals surface area contributed by atoms with Crippen molar-refractivity contribution in [2.45, 2.75) is 7.43 Å². The van der Waals surface area contributed by atoms with E-state index in [0.29, 0.717) is 0 Å². The zero-order valence-corrected chi connectivity index (χ0v) is 2.75. The van der Waals surface area contributed by atoms with E-state index in [1.165, 1.54) is 0 Å². The van der Waals surface area contributed by atoms with Crippen molar-refractivity contribution < 1.29 is 9.00 Å². The maximum Gasteiger partial charge on any atom is 0.197 e.